The highest BCUT2D eigenvalue weighted by Crippen LogP contribution is 2.21. The highest BCUT2D eigenvalue weighted by molar-refractivity contribution is 6.30. The Labute approximate surface area is 176 Å². The highest BCUT2D eigenvalue weighted by Gasteiger charge is 2.25. The summed E-state index contributed by atoms with van der Waals surface area (Å²) in [7, 11) is 3.24. The minimum absolute atomic E-state index is 0.0824. The minimum atomic E-state index is -0.580. The van der Waals surface area contributed by atoms with E-state index in [1.54, 1.807) is 14.2 Å². The summed E-state index contributed by atoms with van der Waals surface area (Å²) in [5, 5.41) is 15.2. The first-order chi connectivity index (χ1) is 14.1. The Morgan fingerprint density at radius 2 is 2.03 bits per heavy atom. The quantitative estimate of drug-likeness (QED) is 0.641. The van der Waals surface area contributed by atoms with Crippen molar-refractivity contribution in [2.24, 2.45) is 5.16 Å². The van der Waals surface area contributed by atoms with Crippen LogP contribution in [0.5, 0.6) is 5.75 Å². The first kappa shape index (κ1) is 21.6. The van der Waals surface area contributed by atoms with Crippen LogP contribution in [0.25, 0.3) is 0 Å². The molecule has 2 aromatic rings. The lowest BCUT2D eigenvalue weighted by Gasteiger charge is -2.27. The van der Waals surface area contributed by atoms with Gasteiger partial charge in [0.15, 0.2) is 0 Å². The molecule has 156 valence electrons. The number of rotatable bonds is 10. The molecule has 1 N–H and O–H groups in total. The van der Waals surface area contributed by atoms with E-state index in [1.807, 2.05) is 48.5 Å². The third-order valence-electron chi connectivity index (χ3n) is 4.74. The van der Waals surface area contributed by atoms with Crippen LogP contribution >= 0.6 is 11.6 Å². The van der Waals surface area contributed by atoms with Crippen LogP contribution in [0.2, 0.25) is 5.02 Å². The van der Waals surface area contributed by atoms with E-state index < -0.39 is 6.10 Å². The normalized spacial score (nSPS) is 17.1. The van der Waals surface area contributed by atoms with Crippen molar-refractivity contribution >= 4 is 17.3 Å². The third-order valence-corrected chi connectivity index (χ3v) is 4.99. The molecular formula is C22H27ClN2O4. The average molecular weight is 419 g/mol. The second kappa shape index (κ2) is 10.6. The number of oxime groups is 1. The summed E-state index contributed by atoms with van der Waals surface area (Å²) in [5.74, 6) is 0.811. The molecule has 0 aromatic heterocycles. The lowest BCUT2D eigenvalue weighted by Crippen LogP contribution is -2.39. The van der Waals surface area contributed by atoms with Crippen LogP contribution < -0.4 is 4.74 Å². The molecule has 2 aromatic carbocycles. The fourth-order valence-electron chi connectivity index (χ4n) is 3.40. The predicted octanol–water partition coefficient (Wildman–Crippen LogP) is 3.35. The second-order valence-corrected chi connectivity index (χ2v) is 7.57. The van der Waals surface area contributed by atoms with Crippen molar-refractivity contribution in [3.05, 3.63) is 64.7 Å². The van der Waals surface area contributed by atoms with Gasteiger partial charge in [-0.15, -0.1) is 0 Å². The zero-order chi connectivity index (χ0) is 20.6. The Balaban J connectivity index is 1.64. The number of halogens is 1. The largest absolute Gasteiger partial charge is 0.497 e. The molecule has 1 aliphatic rings. The topological polar surface area (TPSA) is 63.5 Å². The van der Waals surface area contributed by atoms with E-state index in [1.165, 1.54) is 0 Å². The van der Waals surface area contributed by atoms with Gasteiger partial charge in [0.25, 0.3) is 0 Å². The Kier molecular flexibility index (Phi) is 7.89. The summed E-state index contributed by atoms with van der Waals surface area (Å²) >= 11 is 5.97. The maximum Gasteiger partial charge on any atom is 0.145 e. The van der Waals surface area contributed by atoms with Gasteiger partial charge in [-0.25, -0.2) is 0 Å². The number of ether oxygens (including phenoxy) is 2. The zero-order valence-electron chi connectivity index (χ0n) is 16.8. The van der Waals surface area contributed by atoms with E-state index in [0.29, 0.717) is 31.1 Å². The Hall–Kier alpha value is -2.12. The van der Waals surface area contributed by atoms with Gasteiger partial charge < -0.3 is 19.4 Å². The molecule has 6 nitrogen and oxygen atoms in total. The van der Waals surface area contributed by atoms with Crippen molar-refractivity contribution in [2.45, 2.75) is 25.2 Å². The SMILES string of the molecule is COC[C@@H](O)CN(Cc1cccc(OC)c1)C[C@H]1CC(c2ccc(Cl)cc2)=NO1. The number of benzene rings is 2. The molecule has 7 heteroatoms. The van der Waals surface area contributed by atoms with E-state index in [9.17, 15) is 5.11 Å². The van der Waals surface area contributed by atoms with Crippen LogP contribution in [-0.2, 0) is 16.1 Å². The maximum atomic E-state index is 10.3. The van der Waals surface area contributed by atoms with Gasteiger partial charge in [0, 0.05) is 38.2 Å². The molecule has 0 spiro atoms. The van der Waals surface area contributed by atoms with Gasteiger partial charge in [-0.2, -0.15) is 0 Å². The average Bonchev–Trinajstić information content (AvgIpc) is 3.17. The maximum absolute atomic E-state index is 10.3. The fourth-order valence-corrected chi connectivity index (χ4v) is 3.53. The highest BCUT2D eigenvalue weighted by atomic mass is 35.5. The first-order valence-electron chi connectivity index (χ1n) is 9.58. The molecule has 0 fully saturated rings. The van der Waals surface area contributed by atoms with Gasteiger partial charge in [0.1, 0.15) is 11.9 Å². The number of aliphatic hydroxyl groups excluding tert-OH is 1. The lowest BCUT2D eigenvalue weighted by molar-refractivity contribution is 0.00920. The molecule has 3 rings (SSSR count). The standard InChI is InChI=1S/C22H27ClN2O4/c1-27-15-19(26)13-25(12-16-4-3-5-20(10-16)28-2)14-21-11-22(24-29-21)17-6-8-18(23)9-7-17/h3-10,19,21,26H,11-15H2,1-2H3/t19-,21+/m0/s1. The van der Waals surface area contributed by atoms with Gasteiger partial charge in [0.05, 0.1) is 25.5 Å². The summed E-state index contributed by atoms with van der Waals surface area (Å²) < 4.78 is 10.4. The summed E-state index contributed by atoms with van der Waals surface area (Å²) in [6.45, 7) is 2.06. The van der Waals surface area contributed by atoms with E-state index in [-0.39, 0.29) is 12.7 Å². The number of aliphatic hydroxyl groups is 1. The molecule has 0 radical (unpaired) electrons. The van der Waals surface area contributed by atoms with Crippen molar-refractivity contribution in [3.63, 3.8) is 0 Å². The monoisotopic (exact) mass is 418 g/mol. The molecule has 1 aliphatic heterocycles. The number of methoxy groups -OCH3 is 2. The van der Waals surface area contributed by atoms with Gasteiger partial charge in [-0.3, -0.25) is 4.90 Å². The minimum Gasteiger partial charge on any atom is -0.497 e. The van der Waals surface area contributed by atoms with E-state index >= 15 is 0 Å². The lowest BCUT2D eigenvalue weighted by atomic mass is 10.0. The number of hydrogen-bond acceptors (Lipinski definition) is 6. The molecular weight excluding hydrogens is 392 g/mol. The van der Waals surface area contributed by atoms with Gasteiger partial charge in [-0.1, -0.05) is 41.0 Å². The molecule has 0 bridgehead atoms. The van der Waals surface area contributed by atoms with E-state index in [2.05, 4.69) is 10.1 Å². The summed E-state index contributed by atoms with van der Waals surface area (Å²) in [6, 6.07) is 15.5. The summed E-state index contributed by atoms with van der Waals surface area (Å²) in [4.78, 5) is 7.84. The molecule has 0 unspecified atom stereocenters. The van der Waals surface area contributed by atoms with Gasteiger partial charge in [-0.05, 0) is 35.4 Å². The summed E-state index contributed by atoms with van der Waals surface area (Å²) in [6.07, 6.45) is 0.0427. The van der Waals surface area contributed by atoms with E-state index in [4.69, 9.17) is 25.9 Å². The van der Waals surface area contributed by atoms with Crippen molar-refractivity contribution < 1.29 is 19.4 Å². The first-order valence-corrected chi connectivity index (χ1v) is 9.96. The molecule has 0 saturated heterocycles. The Morgan fingerprint density at radius 3 is 2.76 bits per heavy atom. The molecule has 0 saturated carbocycles. The van der Waals surface area contributed by atoms with Crippen molar-refractivity contribution in [1.82, 2.24) is 4.90 Å². The number of hydrogen-bond donors (Lipinski definition) is 1. The molecule has 1 heterocycles. The second-order valence-electron chi connectivity index (χ2n) is 7.13. The predicted molar refractivity (Wildman–Crippen MR) is 114 cm³/mol. The van der Waals surface area contributed by atoms with Crippen molar-refractivity contribution in [2.75, 3.05) is 33.9 Å². The molecule has 29 heavy (non-hydrogen) atoms. The smallest absolute Gasteiger partial charge is 0.145 e. The van der Waals surface area contributed by atoms with Crippen LogP contribution in [0.1, 0.15) is 17.5 Å². The summed E-state index contributed by atoms with van der Waals surface area (Å²) in [5.41, 5.74) is 3.02. The zero-order valence-corrected chi connectivity index (χ0v) is 17.5. The molecule has 2 atom stereocenters. The molecule has 0 aliphatic carbocycles. The van der Waals surface area contributed by atoms with Gasteiger partial charge >= 0.3 is 0 Å². The van der Waals surface area contributed by atoms with E-state index in [0.717, 1.165) is 22.6 Å². The number of nitrogens with zero attached hydrogens (tertiary/aromatic N) is 2. The van der Waals surface area contributed by atoms with Gasteiger partial charge in [0.2, 0.25) is 0 Å². The van der Waals surface area contributed by atoms with Crippen LogP contribution in [0, 0.1) is 0 Å². The van der Waals surface area contributed by atoms with Crippen molar-refractivity contribution in [1.29, 1.82) is 0 Å². The third kappa shape index (κ3) is 6.44. The van der Waals surface area contributed by atoms with Crippen molar-refractivity contribution in [3.8, 4) is 5.75 Å². The fraction of sp³-hybridized carbons (Fsp3) is 0.409. The van der Waals surface area contributed by atoms with Crippen LogP contribution in [0.15, 0.2) is 53.7 Å². The Morgan fingerprint density at radius 1 is 1.24 bits per heavy atom. The Bertz CT molecular complexity index is 813. The van der Waals surface area contributed by atoms with Crippen LogP contribution in [0.3, 0.4) is 0 Å². The van der Waals surface area contributed by atoms with Crippen LogP contribution in [-0.4, -0.2) is 61.8 Å². The molecule has 0 amide bonds. The van der Waals surface area contributed by atoms with Crippen LogP contribution in [0.4, 0.5) is 0 Å².